The van der Waals surface area contributed by atoms with Crippen LogP contribution in [-0.2, 0) is 38.1 Å². The topological polar surface area (TPSA) is 224 Å². The van der Waals surface area contributed by atoms with Crippen molar-refractivity contribution >= 4 is 29.8 Å². The minimum atomic E-state index is -2.37. The Morgan fingerprint density at radius 1 is 0.915 bits per heavy atom. The fourth-order valence-electron chi connectivity index (χ4n) is 9.88. The van der Waals surface area contributed by atoms with Gasteiger partial charge in [-0.25, -0.2) is 14.4 Å². The molecule has 15 nitrogen and oxygen atoms in total. The molecule has 2 bridgehead atoms. The Balaban J connectivity index is 1.50. The molecular weight excluding hydrogens is 766 g/mol. The van der Waals surface area contributed by atoms with Crippen LogP contribution in [-0.4, -0.2) is 110 Å². The number of amides is 1. The summed E-state index contributed by atoms with van der Waals surface area (Å²) in [7, 11) is 0. The summed E-state index contributed by atoms with van der Waals surface area (Å²) in [6.07, 6.45) is -10.6. The maximum atomic E-state index is 15.0. The molecule has 1 heterocycles. The van der Waals surface area contributed by atoms with Crippen LogP contribution in [0.1, 0.15) is 97.1 Å². The summed E-state index contributed by atoms with van der Waals surface area (Å²) in [5, 5.41) is 51.9. The molecule has 3 aliphatic carbocycles. The number of ether oxygens (including phenoxy) is 5. The van der Waals surface area contributed by atoms with Gasteiger partial charge in [-0.05, 0) is 70.4 Å². The fraction of sp³-hybridized carbons (Fsp3) is 0.568. The van der Waals surface area contributed by atoms with Crippen molar-refractivity contribution in [2.45, 2.75) is 134 Å². The molecule has 5 N–H and O–H groups in total. The van der Waals surface area contributed by atoms with Crippen LogP contribution in [0.3, 0.4) is 0 Å². The summed E-state index contributed by atoms with van der Waals surface area (Å²) < 4.78 is 29.9. The first-order valence-corrected chi connectivity index (χ1v) is 19.7. The zero-order valence-corrected chi connectivity index (χ0v) is 34.8. The second-order valence-electron chi connectivity index (χ2n) is 18.2. The third-order valence-electron chi connectivity index (χ3n) is 13.1. The minimum Gasteiger partial charge on any atom is -0.456 e. The second kappa shape index (κ2) is 15.1. The van der Waals surface area contributed by atoms with Crippen LogP contribution in [0.5, 0.6) is 0 Å². The minimum absolute atomic E-state index is 0.0672. The normalized spacial score (nSPS) is 34.6. The van der Waals surface area contributed by atoms with Gasteiger partial charge in [0.05, 0.1) is 35.6 Å². The molecule has 0 radical (unpaired) electrons. The van der Waals surface area contributed by atoms with Crippen LogP contribution in [0.15, 0.2) is 71.8 Å². The summed E-state index contributed by atoms with van der Waals surface area (Å²) in [5.41, 5.74) is -9.71. The molecular formula is C44H55NO14. The second-order valence-corrected chi connectivity index (χ2v) is 18.2. The van der Waals surface area contributed by atoms with Crippen molar-refractivity contribution in [3.8, 4) is 0 Å². The Labute approximate surface area is 343 Å². The number of ketones is 1. The first kappa shape index (κ1) is 43.9. The largest absolute Gasteiger partial charge is 0.456 e. The molecule has 11 atom stereocenters. The van der Waals surface area contributed by atoms with E-state index in [0.29, 0.717) is 5.56 Å². The molecule has 320 valence electrons. The molecule has 1 aliphatic heterocycles. The number of fused-ring (bicyclic) bond motifs is 5. The highest BCUT2D eigenvalue weighted by atomic mass is 16.6. The molecule has 15 heteroatoms. The van der Waals surface area contributed by atoms with E-state index in [1.807, 2.05) is 0 Å². The van der Waals surface area contributed by atoms with Gasteiger partial charge in [-0.3, -0.25) is 9.59 Å². The lowest BCUT2D eigenvalue weighted by atomic mass is 9.42. The van der Waals surface area contributed by atoms with Crippen LogP contribution >= 0.6 is 0 Å². The van der Waals surface area contributed by atoms with Gasteiger partial charge in [-0.15, -0.1) is 0 Å². The van der Waals surface area contributed by atoms with Crippen molar-refractivity contribution in [1.82, 2.24) is 5.32 Å². The molecule has 1 saturated heterocycles. The average molecular weight is 822 g/mol. The van der Waals surface area contributed by atoms with Gasteiger partial charge in [0.15, 0.2) is 17.5 Å². The number of Topliss-reactive ketones (excluding diaryl/α,β-unsaturated/α-hetero) is 1. The van der Waals surface area contributed by atoms with Crippen LogP contribution < -0.4 is 5.32 Å². The predicted molar refractivity (Wildman–Crippen MR) is 208 cm³/mol. The van der Waals surface area contributed by atoms with E-state index in [1.54, 1.807) is 90.1 Å². The number of benzene rings is 2. The van der Waals surface area contributed by atoms with Gasteiger partial charge >= 0.3 is 24.0 Å². The first-order valence-electron chi connectivity index (χ1n) is 19.7. The van der Waals surface area contributed by atoms with Crippen molar-refractivity contribution in [3.05, 3.63) is 82.9 Å². The predicted octanol–water partition coefficient (Wildman–Crippen LogP) is 3.65. The molecule has 4 aliphatic rings. The molecule has 2 unspecified atom stereocenters. The number of carbonyl (C=O) groups excluding carboxylic acids is 5. The van der Waals surface area contributed by atoms with E-state index in [1.165, 1.54) is 26.0 Å². The van der Waals surface area contributed by atoms with Gasteiger partial charge in [0, 0.05) is 25.2 Å². The van der Waals surface area contributed by atoms with E-state index in [2.05, 4.69) is 5.32 Å². The average Bonchev–Trinajstić information content (AvgIpc) is 3.15. The zero-order chi connectivity index (χ0) is 43.7. The molecule has 0 spiro atoms. The molecule has 59 heavy (non-hydrogen) atoms. The molecule has 2 saturated carbocycles. The number of rotatable bonds is 8. The van der Waals surface area contributed by atoms with Crippen LogP contribution in [0, 0.1) is 16.7 Å². The molecule has 2 aromatic rings. The molecule has 3 fully saturated rings. The number of aliphatic hydroxyl groups is 4. The maximum absolute atomic E-state index is 15.0. The van der Waals surface area contributed by atoms with Gasteiger partial charge in [0.1, 0.15) is 35.1 Å². The Morgan fingerprint density at radius 2 is 1.51 bits per heavy atom. The van der Waals surface area contributed by atoms with Crippen molar-refractivity contribution in [2.24, 2.45) is 16.7 Å². The summed E-state index contributed by atoms with van der Waals surface area (Å²) in [5.74, 6) is -5.42. The first-order chi connectivity index (χ1) is 27.3. The van der Waals surface area contributed by atoms with Crippen molar-refractivity contribution < 1.29 is 68.1 Å². The summed E-state index contributed by atoms with van der Waals surface area (Å²) >= 11 is 0. The highest BCUT2D eigenvalue weighted by Gasteiger charge is 2.81. The van der Waals surface area contributed by atoms with Gasteiger partial charge < -0.3 is 49.4 Å². The van der Waals surface area contributed by atoms with E-state index in [-0.39, 0.29) is 29.7 Å². The zero-order valence-electron chi connectivity index (χ0n) is 34.8. The van der Waals surface area contributed by atoms with E-state index >= 15 is 4.79 Å². The van der Waals surface area contributed by atoms with Crippen LogP contribution in [0.25, 0.3) is 0 Å². The fourth-order valence-corrected chi connectivity index (χ4v) is 9.88. The number of hydrogen-bond donors (Lipinski definition) is 5. The SMILES string of the molecule is CC(=O)O[C@@]12CO[C@]1(C)C[C@H](O)[C@@]1(C)C(=O)[C@H](O)C3=C(C)C(OC(=O)[C@H](O)C(NC(=O)OC(C)(C)C)c4ccccc4)C[C@@](O)([C@@H](OC(=O)c4ccccc4)[C@@H]12)C3(C)C. The number of nitrogens with one attached hydrogen (secondary N) is 1. The van der Waals surface area contributed by atoms with Crippen LogP contribution in [0.2, 0.25) is 0 Å². The van der Waals surface area contributed by atoms with E-state index < -0.39 is 112 Å². The number of hydrogen-bond acceptors (Lipinski definition) is 14. The van der Waals surface area contributed by atoms with E-state index in [9.17, 15) is 39.6 Å². The molecule has 1 amide bonds. The summed E-state index contributed by atoms with van der Waals surface area (Å²) in [6.45, 7) is 13.4. The number of esters is 3. The maximum Gasteiger partial charge on any atom is 0.408 e. The summed E-state index contributed by atoms with van der Waals surface area (Å²) in [4.78, 5) is 69.3. The van der Waals surface area contributed by atoms with E-state index in [0.717, 1.165) is 6.92 Å². The summed E-state index contributed by atoms with van der Waals surface area (Å²) in [6, 6.07) is 14.6. The third kappa shape index (κ3) is 7.14. The van der Waals surface area contributed by atoms with E-state index in [4.69, 9.17) is 23.7 Å². The van der Waals surface area contributed by atoms with Crippen molar-refractivity contribution in [3.63, 3.8) is 0 Å². The Morgan fingerprint density at radius 3 is 2.05 bits per heavy atom. The highest BCUT2D eigenvalue weighted by Crippen LogP contribution is 2.66. The number of aliphatic hydroxyl groups excluding tert-OH is 3. The van der Waals surface area contributed by atoms with Crippen molar-refractivity contribution in [2.75, 3.05) is 6.61 Å². The Hall–Kier alpha value is -4.67. The lowest BCUT2D eigenvalue weighted by Crippen LogP contribution is -2.85. The lowest BCUT2D eigenvalue weighted by molar-refractivity contribution is -0.383. The van der Waals surface area contributed by atoms with Crippen LogP contribution in [0.4, 0.5) is 4.79 Å². The molecule has 6 rings (SSSR count). The van der Waals surface area contributed by atoms with Gasteiger partial charge in [-0.1, -0.05) is 62.4 Å². The monoisotopic (exact) mass is 821 g/mol. The highest BCUT2D eigenvalue weighted by molar-refractivity contribution is 5.94. The Kier molecular flexibility index (Phi) is 11.2. The molecule has 2 aromatic carbocycles. The van der Waals surface area contributed by atoms with Gasteiger partial charge in [0.2, 0.25) is 0 Å². The smallest absolute Gasteiger partial charge is 0.408 e. The van der Waals surface area contributed by atoms with Gasteiger partial charge in [0.25, 0.3) is 0 Å². The lowest BCUT2D eigenvalue weighted by Gasteiger charge is -2.70. The number of alkyl carbamates (subject to hydrolysis) is 1. The quantitative estimate of drug-likeness (QED) is 0.146. The third-order valence-corrected chi connectivity index (χ3v) is 13.1. The van der Waals surface area contributed by atoms with Gasteiger partial charge in [-0.2, -0.15) is 0 Å². The van der Waals surface area contributed by atoms with Crippen molar-refractivity contribution in [1.29, 1.82) is 0 Å². The number of carbonyl (C=O) groups is 5. The standard InChI is InChI=1S/C44H55NO14/c1-23-27(56-37(52)32(49)30(25-16-12-10-13-17-25)45-38(53)59-39(3,4)5)20-43(54)35(57-36(51)26-18-14-11-15-19-26)33-42(9,34(50)31(48)29(23)40(43,6)7)28(47)21-41(8)44(33,22-55-41)58-24(2)46/h10-19,27-28,30-33,35,47-49,54H,20-22H2,1-9H3,(H,45,53)/t27?,28-,30?,31+,32+,33-,35-,41+,42+,43+,44+/m0/s1. The molecule has 0 aromatic heterocycles. The Bertz CT molecular complexity index is 2030.